The van der Waals surface area contributed by atoms with Crippen LogP contribution in [0.2, 0.25) is 0 Å². The predicted molar refractivity (Wildman–Crippen MR) is 121 cm³/mol. The molecule has 0 bridgehead atoms. The van der Waals surface area contributed by atoms with Crippen LogP contribution in [0.1, 0.15) is 65.1 Å². The van der Waals surface area contributed by atoms with Gasteiger partial charge in [0.05, 0.1) is 17.5 Å². The number of ether oxygens (including phenoxy) is 1. The Bertz CT molecular complexity index is 1030. The minimum absolute atomic E-state index is 0.0101. The number of pyridine rings is 1. The molecule has 0 saturated carbocycles. The maximum atomic E-state index is 12.6. The van der Waals surface area contributed by atoms with Gasteiger partial charge >= 0.3 is 6.09 Å². The molecule has 2 heterocycles. The van der Waals surface area contributed by atoms with Crippen molar-refractivity contribution < 1.29 is 9.53 Å². The molecule has 1 aromatic carbocycles. The third-order valence-corrected chi connectivity index (χ3v) is 5.92. The van der Waals surface area contributed by atoms with Crippen LogP contribution in [0.25, 0.3) is 11.1 Å². The van der Waals surface area contributed by atoms with E-state index in [1.54, 1.807) is 15.5 Å². The summed E-state index contributed by atoms with van der Waals surface area (Å²) in [6.45, 7) is 10.3. The fraction of sp³-hybridized carbons (Fsp3) is 0.480. The van der Waals surface area contributed by atoms with Gasteiger partial charge in [-0.2, -0.15) is 5.26 Å². The summed E-state index contributed by atoms with van der Waals surface area (Å²) in [5.41, 5.74) is 2.50. The molecule has 0 aliphatic carbocycles. The number of nitriles is 1. The second-order valence-corrected chi connectivity index (χ2v) is 9.24. The van der Waals surface area contributed by atoms with Crippen LogP contribution in [-0.2, 0) is 4.74 Å². The molecule has 31 heavy (non-hydrogen) atoms. The Balaban J connectivity index is 1.71. The zero-order valence-corrected chi connectivity index (χ0v) is 19.0. The second kappa shape index (κ2) is 8.97. The molecule has 6 nitrogen and oxygen atoms in total. The summed E-state index contributed by atoms with van der Waals surface area (Å²) >= 11 is 0. The number of carbonyl (C=O) groups excluding carboxylic acids is 1. The Morgan fingerprint density at radius 2 is 1.74 bits per heavy atom. The Morgan fingerprint density at radius 1 is 1.10 bits per heavy atom. The molecular formula is C25H31N3O3. The van der Waals surface area contributed by atoms with Crippen LogP contribution in [0.5, 0.6) is 0 Å². The highest BCUT2D eigenvalue weighted by Gasteiger charge is 2.34. The van der Waals surface area contributed by atoms with E-state index in [4.69, 9.17) is 4.74 Å². The second-order valence-electron chi connectivity index (χ2n) is 9.24. The summed E-state index contributed by atoms with van der Waals surface area (Å²) in [7, 11) is 0. The van der Waals surface area contributed by atoms with Crippen LogP contribution >= 0.6 is 0 Å². The molecule has 1 aromatic heterocycles. The van der Waals surface area contributed by atoms with Gasteiger partial charge in [0.25, 0.3) is 5.56 Å². The van der Waals surface area contributed by atoms with E-state index in [0.717, 1.165) is 23.1 Å². The molecule has 1 fully saturated rings. The standard InChI is InChI=1S/C25H31N3O3/c1-17(2)28-15-21(10-11-23(28)29)20-8-6-19(7-9-20)18(3)27-13-12-22(31-24(27)30)14-25(4,5)16-26/h6-11,15,17-18,22H,12-14H2,1-5H3. The first-order chi connectivity index (χ1) is 14.6. The van der Waals surface area contributed by atoms with E-state index < -0.39 is 5.41 Å². The maximum absolute atomic E-state index is 12.6. The summed E-state index contributed by atoms with van der Waals surface area (Å²) in [5.74, 6) is 0. The lowest BCUT2D eigenvalue weighted by atomic mass is 9.87. The number of nitrogens with zero attached hydrogens (tertiary/aromatic N) is 3. The predicted octanol–water partition coefficient (Wildman–Crippen LogP) is 5.31. The molecule has 0 radical (unpaired) electrons. The van der Waals surface area contributed by atoms with Crippen LogP contribution in [0.4, 0.5) is 4.79 Å². The minimum Gasteiger partial charge on any atom is -0.446 e. The van der Waals surface area contributed by atoms with Crippen molar-refractivity contribution in [2.24, 2.45) is 5.41 Å². The lowest BCUT2D eigenvalue weighted by molar-refractivity contribution is 0.000798. The van der Waals surface area contributed by atoms with Gasteiger partial charge in [0.15, 0.2) is 0 Å². The lowest BCUT2D eigenvalue weighted by Gasteiger charge is -2.37. The minimum atomic E-state index is -0.507. The third kappa shape index (κ3) is 5.16. The average Bonchev–Trinajstić information content (AvgIpc) is 2.73. The third-order valence-electron chi connectivity index (χ3n) is 5.92. The van der Waals surface area contributed by atoms with Gasteiger partial charge in [0, 0.05) is 37.7 Å². The summed E-state index contributed by atoms with van der Waals surface area (Å²) < 4.78 is 7.34. The number of carbonyl (C=O) groups is 1. The van der Waals surface area contributed by atoms with Crippen LogP contribution in [0, 0.1) is 16.7 Å². The SMILES string of the molecule is CC(c1ccc(-c2ccc(=O)n(C(C)C)c2)cc1)N1CCC(CC(C)(C)C#N)OC1=O. The first kappa shape index (κ1) is 22.6. The zero-order valence-electron chi connectivity index (χ0n) is 19.0. The Kier molecular flexibility index (Phi) is 6.54. The van der Waals surface area contributed by atoms with E-state index in [1.807, 2.05) is 71.1 Å². The van der Waals surface area contributed by atoms with Crippen molar-refractivity contribution in [3.63, 3.8) is 0 Å². The van der Waals surface area contributed by atoms with E-state index in [1.165, 1.54) is 0 Å². The van der Waals surface area contributed by atoms with Crippen molar-refractivity contribution in [2.75, 3.05) is 6.54 Å². The van der Waals surface area contributed by atoms with E-state index in [0.29, 0.717) is 13.0 Å². The molecule has 0 N–H and O–H groups in total. The van der Waals surface area contributed by atoms with Crippen molar-refractivity contribution in [2.45, 2.75) is 65.6 Å². The molecule has 2 aromatic rings. The molecule has 164 valence electrons. The van der Waals surface area contributed by atoms with Crippen molar-refractivity contribution >= 4 is 6.09 Å². The highest BCUT2D eigenvalue weighted by atomic mass is 16.6. The Hall–Kier alpha value is -3.07. The molecule has 2 atom stereocenters. The summed E-state index contributed by atoms with van der Waals surface area (Å²) in [5, 5.41) is 9.22. The number of aromatic nitrogens is 1. The van der Waals surface area contributed by atoms with E-state index in [-0.39, 0.29) is 29.8 Å². The van der Waals surface area contributed by atoms with Crippen LogP contribution < -0.4 is 5.56 Å². The van der Waals surface area contributed by atoms with Crippen LogP contribution in [0.15, 0.2) is 47.4 Å². The molecule has 1 saturated heterocycles. The quantitative estimate of drug-likeness (QED) is 0.634. The molecular weight excluding hydrogens is 390 g/mol. The first-order valence-corrected chi connectivity index (χ1v) is 10.8. The van der Waals surface area contributed by atoms with Gasteiger partial charge in [-0.1, -0.05) is 24.3 Å². The highest BCUT2D eigenvalue weighted by Crippen LogP contribution is 2.31. The van der Waals surface area contributed by atoms with Gasteiger partial charge in [-0.15, -0.1) is 0 Å². The molecule has 1 aliphatic rings. The molecule has 6 heteroatoms. The normalized spacial score (nSPS) is 17.9. The Labute approximate surface area is 184 Å². The topological polar surface area (TPSA) is 75.3 Å². The average molecular weight is 422 g/mol. The highest BCUT2D eigenvalue weighted by molar-refractivity contribution is 5.69. The number of hydrogen-bond acceptors (Lipinski definition) is 4. The van der Waals surface area contributed by atoms with Gasteiger partial charge in [0.2, 0.25) is 0 Å². The van der Waals surface area contributed by atoms with Crippen molar-refractivity contribution in [3.8, 4) is 17.2 Å². The van der Waals surface area contributed by atoms with Gasteiger partial charge in [0.1, 0.15) is 6.10 Å². The number of benzene rings is 1. The van der Waals surface area contributed by atoms with Crippen LogP contribution in [0.3, 0.4) is 0 Å². The van der Waals surface area contributed by atoms with Crippen LogP contribution in [-0.4, -0.2) is 28.2 Å². The lowest BCUT2D eigenvalue weighted by Crippen LogP contribution is -2.44. The van der Waals surface area contributed by atoms with Gasteiger partial charge in [-0.3, -0.25) is 4.79 Å². The largest absolute Gasteiger partial charge is 0.446 e. The van der Waals surface area contributed by atoms with Crippen molar-refractivity contribution in [3.05, 3.63) is 58.5 Å². The molecule has 1 aliphatic heterocycles. The van der Waals surface area contributed by atoms with E-state index in [9.17, 15) is 14.9 Å². The maximum Gasteiger partial charge on any atom is 0.410 e. The fourth-order valence-electron chi connectivity index (χ4n) is 3.97. The first-order valence-electron chi connectivity index (χ1n) is 10.8. The zero-order chi connectivity index (χ0) is 22.8. The van der Waals surface area contributed by atoms with E-state index >= 15 is 0 Å². The molecule has 1 amide bonds. The Morgan fingerprint density at radius 3 is 2.32 bits per heavy atom. The number of cyclic esters (lactones) is 1. The number of amides is 1. The van der Waals surface area contributed by atoms with Gasteiger partial charge in [-0.05, 0) is 57.4 Å². The monoisotopic (exact) mass is 421 g/mol. The summed E-state index contributed by atoms with van der Waals surface area (Å²) in [4.78, 5) is 26.4. The molecule has 3 rings (SSSR count). The van der Waals surface area contributed by atoms with Gasteiger partial charge < -0.3 is 14.2 Å². The van der Waals surface area contributed by atoms with E-state index in [2.05, 4.69) is 6.07 Å². The van der Waals surface area contributed by atoms with Crippen molar-refractivity contribution in [1.29, 1.82) is 5.26 Å². The number of hydrogen-bond donors (Lipinski definition) is 0. The summed E-state index contributed by atoms with van der Waals surface area (Å²) in [6, 6.07) is 13.8. The van der Waals surface area contributed by atoms with Crippen molar-refractivity contribution in [1.82, 2.24) is 9.47 Å². The summed E-state index contributed by atoms with van der Waals surface area (Å²) in [6.07, 6.45) is 2.60. The molecule has 2 unspecified atom stereocenters. The number of rotatable bonds is 6. The fourth-order valence-corrected chi connectivity index (χ4v) is 3.97. The smallest absolute Gasteiger partial charge is 0.410 e. The molecule has 0 spiro atoms. The van der Waals surface area contributed by atoms with Gasteiger partial charge in [-0.25, -0.2) is 4.79 Å².